The van der Waals surface area contributed by atoms with Gasteiger partial charge in [-0.15, -0.1) is 0 Å². The number of rotatable bonds is 4. The van der Waals surface area contributed by atoms with Crippen LogP contribution in [-0.4, -0.2) is 58.4 Å². The second-order valence-electron chi connectivity index (χ2n) is 8.16. The smallest absolute Gasteiger partial charge is 0.469 e. The van der Waals surface area contributed by atoms with Gasteiger partial charge < -0.3 is 29.3 Å². The third-order valence-electron chi connectivity index (χ3n) is 6.13. The van der Waals surface area contributed by atoms with Gasteiger partial charge in [0.1, 0.15) is 36.1 Å². The van der Waals surface area contributed by atoms with Crippen molar-refractivity contribution in [1.29, 1.82) is 0 Å². The molecule has 33 heavy (non-hydrogen) atoms. The summed E-state index contributed by atoms with van der Waals surface area (Å²) < 4.78 is 22.9. The summed E-state index contributed by atoms with van der Waals surface area (Å²) in [6.07, 6.45) is -0.684. The van der Waals surface area contributed by atoms with Crippen LogP contribution in [0.15, 0.2) is 45.6 Å². The van der Waals surface area contributed by atoms with Crippen LogP contribution in [-0.2, 0) is 9.09 Å². The van der Waals surface area contributed by atoms with Crippen LogP contribution in [0.25, 0.3) is 22.3 Å². The number of fused-ring (bicyclic) bond motifs is 1. The minimum absolute atomic E-state index is 0.0871. The first-order valence-corrected chi connectivity index (χ1v) is 12.1. The van der Waals surface area contributed by atoms with Gasteiger partial charge in [-0.25, -0.2) is 4.57 Å². The SMILES string of the molecule is BC1[C@@H](OP(=O)(O)O)[C@@H](c2c(O)cc(O)c3c(=O)cc(-c4ccccc4Cl)oc23)CCN1C. The van der Waals surface area contributed by atoms with Crippen molar-refractivity contribution < 1.29 is 33.5 Å². The summed E-state index contributed by atoms with van der Waals surface area (Å²) >= 11 is 6.27. The van der Waals surface area contributed by atoms with E-state index in [2.05, 4.69) is 0 Å². The summed E-state index contributed by atoms with van der Waals surface area (Å²) in [7, 11) is -1.34. The van der Waals surface area contributed by atoms with Crippen molar-refractivity contribution in [3.8, 4) is 22.8 Å². The molecule has 0 spiro atoms. The highest BCUT2D eigenvalue weighted by Gasteiger charge is 2.42. The number of phenolic OH excluding ortho intramolecular Hbond substituents is 2. The van der Waals surface area contributed by atoms with E-state index in [1.165, 1.54) is 6.07 Å². The molecule has 4 N–H and O–H groups in total. The van der Waals surface area contributed by atoms with Crippen LogP contribution in [0.4, 0.5) is 0 Å². The summed E-state index contributed by atoms with van der Waals surface area (Å²) in [5, 5.41) is 21.4. The number of phenols is 2. The predicted octanol–water partition coefficient (Wildman–Crippen LogP) is 2.38. The van der Waals surface area contributed by atoms with E-state index in [4.69, 9.17) is 20.5 Å². The molecule has 2 heterocycles. The van der Waals surface area contributed by atoms with Crippen LogP contribution in [0.3, 0.4) is 0 Å². The highest BCUT2D eigenvalue weighted by Crippen LogP contribution is 2.49. The van der Waals surface area contributed by atoms with Gasteiger partial charge in [-0.1, -0.05) is 23.7 Å². The molecule has 9 nitrogen and oxygen atoms in total. The molecule has 4 rings (SSSR count). The lowest BCUT2D eigenvalue weighted by Crippen LogP contribution is -2.51. The average molecular weight is 494 g/mol. The Hall–Kier alpha value is -2.33. The molecular weight excluding hydrogens is 471 g/mol. The lowest BCUT2D eigenvalue weighted by Gasteiger charge is -2.42. The molecular formula is C21H22BClNO8P. The lowest BCUT2D eigenvalue weighted by atomic mass is 9.74. The van der Waals surface area contributed by atoms with E-state index in [0.717, 1.165) is 6.07 Å². The quantitative estimate of drug-likeness (QED) is 0.318. The van der Waals surface area contributed by atoms with Gasteiger partial charge in [0, 0.05) is 35.1 Å². The maximum absolute atomic E-state index is 13.0. The molecule has 0 saturated carbocycles. The van der Waals surface area contributed by atoms with E-state index in [1.54, 1.807) is 39.2 Å². The Balaban J connectivity index is 1.99. The van der Waals surface area contributed by atoms with E-state index in [0.29, 0.717) is 23.6 Å². The first kappa shape index (κ1) is 23.8. The van der Waals surface area contributed by atoms with Crippen molar-refractivity contribution in [2.24, 2.45) is 0 Å². The molecule has 12 heteroatoms. The van der Waals surface area contributed by atoms with Crippen molar-refractivity contribution >= 4 is 38.2 Å². The van der Waals surface area contributed by atoms with Crippen LogP contribution in [0, 0.1) is 0 Å². The van der Waals surface area contributed by atoms with Crippen LogP contribution in [0.5, 0.6) is 11.5 Å². The first-order chi connectivity index (χ1) is 15.5. The number of likely N-dealkylation sites (tertiary alicyclic amines) is 1. The minimum Gasteiger partial charge on any atom is -0.507 e. The highest BCUT2D eigenvalue weighted by atomic mass is 35.5. The fraction of sp³-hybridized carbons (Fsp3) is 0.286. The first-order valence-electron chi connectivity index (χ1n) is 10.2. The molecule has 174 valence electrons. The van der Waals surface area contributed by atoms with Crippen LogP contribution in [0.1, 0.15) is 17.9 Å². The Labute approximate surface area is 194 Å². The number of piperidine rings is 1. The zero-order valence-electron chi connectivity index (χ0n) is 17.8. The Morgan fingerprint density at radius 3 is 2.58 bits per heavy atom. The van der Waals surface area contributed by atoms with Gasteiger partial charge >= 0.3 is 7.82 Å². The summed E-state index contributed by atoms with van der Waals surface area (Å²) in [6, 6.07) is 8.95. The van der Waals surface area contributed by atoms with Gasteiger partial charge in [0.2, 0.25) is 0 Å². The molecule has 1 aliphatic heterocycles. The van der Waals surface area contributed by atoms with Crippen molar-refractivity contribution in [1.82, 2.24) is 4.90 Å². The normalized spacial score (nSPS) is 22.0. The van der Waals surface area contributed by atoms with Crippen LogP contribution in [0.2, 0.25) is 5.02 Å². The number of hydrogen-bond acceptors (Lipinski definition) is 7. The minimum atomic E-state index is -4.88. The van der Waals surface area contributed by atoms with Crippen LogP contribution < -0.4 is 5.43 Å². The molecule has 1 aromatic heterocycles. The second kappa shape index (κ2) is 8.79. The molecule has 1 unspecified atom stereocenters. The number of nitrogens with zero attached hydrogens (tertiary/aromatic N) is 1. The monoisotopic (exact) mass is 493 g/mol. The fourth-order valence-electron chi connectivity index (χ4n) is 4.40. The third kappa shape index (κ3) is 4.55. The van der Waals surface area contributed by atoms with Gasteiger partial charge in [0.25, 0.3) is 0 Å². The molecule has 1 saturated heterocycles. The van der Waals surface area contributed by atoms with Crippen LogP contribution >= 0.6 is 19.4 Å². The highest BCUT2D eigenvalue weighted by molar-refractivity contribution is 7.46. The van der Waals surface area contributed by atoms with Crippen molar-refractivity contribution in [3.63, 3.8) is 0 Å². The number of phosphoric ester groups is 1. The molecule has 2 aromatic carbocycles. The number of phosphoric acid groups is 1. The molecule has 0 amide bonds. The van der Waals surface area contributed by atoms with E-state index in [-0.39, 0.29) is 28.0 Å². The zero-order valence-corrected chi connectivity index (χ0v) is 19.5. The van der Waals surface area contributed by atoms with Gasteiger partial charge in [-0.2, -0.15) is 0 Å². The molecule has 0 aliphatic carbocycles. The average Bonchev–Trinajstić information content (AvgIpc) is 2.71. The fourth-order valence-corrected chi connectivity index (χ4v) is 5.27. The number of halogens is 1. The second-order valence-corrected chi connectivity index (χ2v) is 9.76. The van der Waals surface area contributed by atoms with Crippen molar-refractivity contribution in [2.45, 2.75) is 24.4 Å². The Morgan fingerprint density at radius 2 is 1.91 bits per heavy atom. The molecule has 3 aromatic rings. The van der Waals surface area contributed by atoms with Gasteiger partial charge in [0.05, 0.1) is 11.1 Å². The van der Waals surface area contributed by atoms with E-state index in [9.17, 15) is 29.4 Å². The number of hydrogen-bond donors (Lipinski definition) is 4. The maximum Gasteiger partial charge on any atom is 0.469 e. The van der Waals surface area contributed by atoms with Crippen molar-refractivity contribution in [3.05, 3.63) is 57.2 Å². The molecule has 1 aliphatic rings. The Kier molecular flexibility index (Phi) is 6.35. The summed E-state index contributed by atoms with van der Waals surface area (Å²) in [6.45, 7) is 0.531. The number of aromatic hydroxyl groups is 2. The predicted molar refractivity (Wildman–Crippen MR) is 125 cm³/mol. The van der Waals surface area contributed by atoms with Gasteiger partial charge in [-0.05, 0) is 32.1 Å². The summed E-state index contributed by atoms with van der Waals surface area (Å²) in [5.74, 6) is -1.90. The van der Waals surface area contributed by atoms with Crippen molar-refractivity contribution in [2.75, 3.05) is 13.6 Å². The molecule has 3 atom stereocenters. The number of benzene rings is 2. The largest absolute Gasteiger partial charge is 0.507 e. The summed E-state index contributed by atoms with van der Waals surface area (Å²) in [5.41, 5.74) is -0.0757. The van der Waals surface area contributed by atoms with E-state index >= 15 is 0 Å². The Morgan fingerprint density at radius 1 is 1.21 bits per heavy atom. The van der Waals surface area contributed by atoms with Gasteiger partial charge in [0.15, 0.2) is 5.43 Å². The third-order valence-corrected chi connectivity index (χ3v) is 6.97. The topological polar surface area (TPSA) is 141 Å². The molecule has 0 bridgehead atoms. The van der Waals surface area contributed by atoms with E-state index < -0.39 is 37.0 Å². The number of likely N-dealkylation sites (N-methyl/N-ethyl adjacent to an activating group) is 1. The lowest BCUT2D eigenvalue weighted by molar-refractivity contribution is 0.0376. The van der Waals surface area contributed by atoms with Gasteiger partial charge in [-0.3, -0.25) is 9.32 Å². The molecule has 0 radical (unpaired) electrons. The Bertz CT molecular complexity index is 1330. The van der Waals surface area contributed by atoms with E-state index in [1.807, 2.05) is 4.90 Å². The summed E-state index contributed by atoms with van der Waals surface area (Å²) in [4.78, 5) is 33.9. The zero-order chi connectivity index (χ0) is 24.1. The standard InChI is InChI=1S/C21H22BClNO8P/c1-24-7-6-11(19(21(24)22)32-33(28,29)30)17-13(25)8-14(26)18-15(27)9-16(31-20(17)18)10-4-2-3-5-12(10)23/h2-5,8-9,11,19,21,25-26H,6-7,22H2,1H3,(H2,28,29,30)/t11-,19+,21?/m1/s1. The maximum atomic E-state index is 13.0. The molecule has 1 fully saturated rings.